The van der Waals surface area contributed by atoms with Gasteiger partial charge in [0.05, 0.1) is 43.1 Å². The van der Waals surface area contributed by atoms with Gasteiger partial charge < -0.3 is 9.15 Å². The van der Waals surface area contributed by atoms with Crippen molar-refractivity contribution in [2.45, 2.75) is 31.5 Å². The molecule has 0 unspecified atom stereocenters. The number of hydrogen-bond donors (Lipinski definition) is 0. The molecule has 0 amide bonds. The highest BCUT2D eigenvalue weighted by Crippen LogP contribution is 2.31. The Bertz CT molecular complexity index is 1210. The predicted molar refractivity (Wildman–Crippen MR) is 114 cm³/mol. The molecule has 3 aromatic rings. The van der Waals surface area contributed by atoms with E-state index in [0.29, 0.717) is 28.7 Å². The van der Waals surface area contributed by atoms with E-state index in [2.05, 4.69) is 25.1 Å². The molecule has 0 N–H and O–H groups in total. The highest BCUT2D eigenvalue weighted by Gasteiger charge is 2.39. The number of sulfonamides is 1. The van der Waals surface area contributed by atoms with Crippen LogP contribution in [-0.4, -0.2) is 71.1 Å². The smallest absolute Gasteiger partial charge is 0.314 e. The van der Waals surface area contributed by atoms with Gasteiger partial charge >= 0.3 is 6.43 Å². The summed E-state index contributed by atoms with van der Waals surface area (Å²) in [4.78, 5) is 10.8. The van der Waals surface area contributed by atoms with Crippen LogP contribution in [0.3, 0.4) is 0 Å². The lowest BCUT2D eigenvalue weighted by Gasteiger charge is -2.28. The Balaban J connectivity index is 1.34. The van der Waals surface area contributed by atoms with E-state index >= 15 is 0 Å². The summed E-state index contributed by atoms with van der Waals surface area (Å²) in [5, 5.41) is 7.37. The molecule has 5 rings (SSSR count). The van der Waals surface area contributed by atoms with Crippen molar-refractivity contribution in [3.63, 3.8) is 0 Å². The molecule has 0 aromatic carbocycles. The Morgan fingerprint density at radius 1 is 1.30 bits per heavy atom. The van der Waals surface area contributed by atoms with Crippen LogP contribution >= 0.6 is 11.3 Å². The molecule has 2 bridgehead atoms. The van der Waals surface area contributed by atoms with Gasteiger partial charge in [0.15, 0.2) is 0 Å². The Labute approximate surface area is 192 Å². The fourth-order valence-corrected chi connectivity index (χ4v) is 6.32. The third kappa shape index (κ3) is 4.74. The first kappa shape index (κ1) is 22.3. The molecule has 2 fully saturated rings. The second-order valence-electron chi connectivity index (χ2n) is 7.74. The van der Waals surface area contributed by atoms with Gasteiger partial charge in [0.25, 0.3) is 11.8 Å². The van der Waals surface area contributed by atoms with Crippen LogP contribution in [0.2, 0.25) is 0 Å². The van der Waals surface area contributed by atoms with E-state index < -0.39 is 22.3 Å². The van der Waals surface area contributed by atoms with E-state index in [-0.39, 0.29) is 30.3 Å². The molecule has 3 aromatic heterocycles. The fraction of sp³-hybridized carbons (Fsp3) is 0.474. The van der Waals surface area contributed by atoms with Crippen molar-refractivity contribution in [2.75, 3.05) is 29.8 Å². The largest absolute Gasteiger partial charge is 0.414 e. The number of morpholine rings is 1. The second kappa shape index (κ2) is 9.00. The van der Waals surface area contributed by atoms with E-state index in [0.717, 1.165) is 24.3 Å². The molecule has 0 saturated carbocycles. The monoisotopic (exact) mass is 498 g/mol. The van der Waals surface area contributed by atoms with E-state index in [1.165, 1.54) is 16.7 Å². The van der Waals surface area contributed by atoms with Gasteiger partial charge in [-0.15, -0.1) is 21.5 Å². The third-order valence-electron chi connectivity index (χ3n) is 5.59. The van der Waals surface area contributed by atoms with Crippen molar-refractivity contribution < 1.29 is 26.4 Å². The first-order valence-electron chi connectivity index (χ1n) is 10.2. The number of likely N-dealkylation sites (tertiary alicyclic amines) is 1. The second-order valence-corrected chi connectivity index (χ2v) is 10.9. The molecule has 2 aliphatic heterocycles. The zero-order valence-corrected chi connectivity index (χ0v) is 18.9. The lowest BCUT2D eigenvalue weighted by Crippen LogP contribution is -2.42. The molecule has 2 aliphatic rings. The summed E-state index contributed by atoms with van der Waals surface area (Å²) in [6.07, 6.45) is 2.70. The maximum Gasteiger partial charge on any atom is 0.314 e. The molecule has 0 aliphatic carbocycles. The number of halogens is 2. The van der Waals surface area contributed by atoms with Gasteiger partial charge in [0.2, 0.25) is 10.0 Å². The van der Waals surface area contributed by atoms with Crippen LogP contribution in [0.25, 0.3) is 10.8 Å². The Kier molecular flexibility index (Phi) is 6.07. The number of ether oxygens (including phenoxy) is 1. The van der Waals surface area contributed by atoms with Gasteiger partial charge in [-0.2, -0.15) is 8.78 Å². The standard InChI is InChI=1S/C19H20F2N6O4S2/c20-17(21)19-25-24-18(31-19)15-8-23-16(32-15)10-27(12-2-1-3-22-7-12)33(28,29)5-4-26-9-14-6-13(26)11-30-14/h1-3,7-8,13-14,17H,4-6,9-11H2/t13-,14-/m1/s1. The van der Waals surface area contributed by atoms with Gasteiger partial charge in [-0.3, -0.25) is 14.2 Å². The average Bonchev–Trinajstić information content (AvgIpc) is 3.60. The summed E-state index contributed by atoms with van der Waals surface area (Å²) in [5.41, 5.74) is 0.415. The van der Waals surface area contributed by atoms with Crippen molar-refractivity contribution in [1.29, 1.82) is 0 Å². The van der Waals surface area contributed by atoms with Crippen molar-refractivity contribution in [3.05, 3.63) is 41.6 Å². The average molecular weight is 499 g/mol. The Morgan fingerprint density at radius 2 is 2.18 bits per heavy atom. The van der Waals surface area contributed by atoms with Gasteiger partial charge in [-0.25, -0.2) is 13.4 Å². The number of alkyl halides is 2. The summed E-state index contributed by atoms with van der Waals surface area (Å²) >= 11 is 1.10. The van der Waals surface area contributed by atoms with Crippen LogP contribution in [0, 0.1) is 0 Å². The van der Waals surface area contributed by atoms with E-state index in [1.54, 1.807) is 18.3 Å². The van der Waals surface area contributed by atoms with E-state index in [4.69, 9.17) is 9.15 Å². The third-order valence-corrected chi connectivity index (χ3v) is 8.27. The molecule has 14 heteroatoms. The number of anilines is 1. The Morgan fingerprint density at radius 3 is 2.85 bits per heavy atom. The minimum absolute atomic E-state index is 0.0380. The van der Waals surface area contributed by atoms with E-state index in [1.807, 2.05) is 0 Å². The van der Waals surface area contributed by atoms with Crippen LogP contribution in [0.15, 0.2) is 35.1 Å². The molecule has 0 spiro atoms. The number of aromatic nitrogens is 4. The van der Waals surface area contributed by atoms with Gasteiger partial charge in [-0.1, -0.05) is 0 Å². The van der Waals surface area contributed by atoms with Crippen LogP contribution < -0.4 is 4.31 Å². The van der Waals surface area contributed by atoms with Gasteiger partial charge in [0, 0.05) is 25.3 Å². The molecular formula is C19H20F2N6O4S2. The number of rotatable bonds is 9. The number of fused-ring (bicyclic) bond motifs is 2. The summed E-state index contributed by atoms with van der Waals surface area (Å²) in [5.74, 6) is -0.929. The maximum atomic E-state index is 13.3. The summed E-state index contributed by atoms with van der Waals surface area (Å²) in [6.45, 7) is 1.75. The van der Waals surface area contributed by atoms with Gasteiger partial charge in [-0.05, 0) is 18.6 Å². The molecule has 176 valence electrons. The molecule has 10 nitrogen and oxygen atoms in total. The first-order valence-corrected chi connectivity index (χ1v) is 12.6. The summed E-state index contributed by atoms with van der Waals surface area (Å²) < 4.78 is 64.0. The molecule has 2 atom stereocenters. The number of pyridine rings is 1. The highest BCUT2D eigenvalue weighted by atomic mass is 32.2. The summed E-state index contributed by atoms with van der Waals surface area (Å²) in [6, 6.07) is 3.59. The quantitative estimate of drug-likeness (QED) is 0.438. The van der Waals surface area contributed by atoms with Crippen molar-refractivity contribution in [1.82, 2.24) is 25.1 Å². The molecule has 5 heterocycles. The minimum atomic E-state index is -3.71. The lowest BCUT2D eigenvalue weighted by atomic mass is 10.2. The van der Waals surface area contributed by atoms with E-state index in [9.17, 15) is 17.2 Å². The molecular weight excluding hydrogens is 478 g/mol. The minimum Gasteiger partial charge on any atom is -0.414 e. The summed E-state index contributed by atoms with van der Waals surface area (Å²) in [7, 11) is -3.71. The molecule has 2 saturated heterocycles. The number of nitrogens with zero attached hydrogens (tertiary/aromatic N) is 6. The fourth-order valence-electron chi connectivity index (χ4n) is 3.97. The highest BCUT2D eigenvalue weighted by molar-refractivity contribution is 7.92. The zero-order valence-electron chi connectivity index (χ0n) is 17.3. The van der Waals surface area contributed by atoms with Crippen LogP contribution in [0.1, 0.15) is 23.7 Å². The van der Waals surface area contributed by atoms with Crippen molar-refractivity contribution in [3.8, 4) is 10.8 Å². The predicted octanol–water partition coefficient (Wildman–Crippen LogP) is 2.34. The maximum absolute atomic E-state index is 13.3. The van der Waals surface area contributed by atoms with Gasteiger partial charge in [0.1, 0.15) is 9.88 Å². The van der Waals surface area contributed by atoms with Crippen LogP contribution in [0.5, 0.6) is 0 Å². The van der Waals surface area contributed by atoms with Crippen LogP contribution in [0.4, 0.5) is 14.5 Å². The molecule has 33 heavy (non-hydrogen) atoms. The topological polar surface area (TPSA) is 115 Å². The Hall–Kier alpha value is -2.55. The lowest BCUT2D eigenvalue weighted by molar-refractivity contribution is 0.0332. The zero-order chi connectivity index (χ0) is 23.0. The van der Waals surface area contributed by atoms with Crippen molar-refractivity contribution in [2.24, 2.45) is 0 Å². The first-order chi connectivity index (χ1) is 15.9. The normalized spacial score (nSPS) is 20.7. The molecule has 0 radical (unpaired) electrons. The number of thiazole rings is 1. The van der Waals surface area contributed by atoms with Crippen LogP contribution in [-0.2, 0) is 21.3 Å². The van der Waals surface area contributed by atoms with Crippen molar-refractivity contribution >= 4 is 27.0 Å². The number of hydrogen-bond acceptors (Lipinski definition) is 10. The SMILES string of the molecule is O=S(=O)(CCN1C[C@H]2C[C@@H]1CO2)N(Cc1ncc(-c2nnc(C(F)F)o2)s1)c1cccnc1.